The van der Waals surface area contributed by atoms with Gasteiger partial charge in [-0.3, -0.25) is 0 Å². The average molecular weight is 1210 g/mol. The Hall–Kier alpha value is -7.59. The molecule has 5 nitrogen and oxygen atoms in total. The Morgan fingerprint density at radius 3 is 1.45 bits per heavy atom. The van der Waals surface area contributed by atoms with Gasteiger partial charge < -0.3 is 23.8 Å². The van der Waals surface area contributed by atoms with Gasteiger partial charge >= 0.3 is 0 Å². The van der Waals surface area contributed by atoms with Gasteiger partial charge in [-0.25, -0.2) is 0 Å². The molecule has 0 spiro atoms. The fourth-order valence-corrected chi connectivity index (χ4v) is 18.5. The number of ether oxygens (including phenoxy) is 4. The monoisotopic (exact) mass is 1210 g/mol. The number of hydrogen-bond acceptors (Lipinski definition) is 8. The molecule has 0 radical (unpaired) electrons. The summed E-state index contributed by atoms with van der Waals surface area (Å²) in [4.78, 5) is 6.37. The maximum atomic E-state index is 7.93. The van der Waals surface area contributed by atoms with Gasteiger partial charge in [-0.15, -0.1) is 35.3 Å². The molecular formula is C80H73NO4S3. The molecule has 88 heavy (non-hydrogen) atoms. The lowest BCUT2D eigenvalue weighted by Gasteiger charge is -2.40. The summed E-state index contributed by atoms with van der Waals surface area (Å²) in [5, 5.41) is 4.82. The fraction of sp³-hybridized carbons (Fsp3) is 0.250. The summed E-state index contributed by atoms with van der Waals surface area (Å²) in [5.74, 6) is 3.67. The van der Waals surface area contributed by atoms with E-state index in [1.54, 1.807) is 7.11 Å². The molecule has 1 fully saturated rings. The number of morpholine rings is 1. The van der Waals surface area contributed by atoms with Gasteiger partial charge in [0.1, 0.15) is 17.2 Å². The van der Waals surface area contributed by atoms with Crippen molar-refractivity contribution in [2.24, 2.45) is 0 Å². The van der Waals surface area contributed by atoms with Crippen LogP contribution in [0.4, 0.5) is 5.69 Å². The van der Waals surface area contributed by atoms with Crippen molar-refractivity contribution < 1.29 is 18.9 Å². The summed E-state index contributed by atoms with van der Waals surface area (Å²) >= 11 is 5.68. The SMILES string of the molecule is CCC1(CC)c2ccccc2-c2c1c1c(c3cc(SCCCC4(CC)c5ccccc5-c5c4c4c(c6cc(SC)c(N7CCOCC7)cc56)OC(c5ccccc5)(c5ccccc5)C=C4)c(SC)cc23)OC(c2ccccc2)(c2ccc(OC)cc2)C=C1. The third-order valence-corrected chi connectivity index (χ3v) is 23.2. The molecule has 2 unspecified atom stereocenters. The van der Waals surface area contributed by atoms with Crippen molar-refractivity contribution in [3.8, 4) is 39.5 Å². The van der Waals surface area contributed by atoms with E-state index < -0.39 is 11.2 Å². The van der Waals surface area contributed by atoms with E-state index in [1.807, 2.05) is 35.3 Å². The first kappa shape index (κ1) is 56.9. The first-order valence-corrected chi connectivity index (χ1v) is 34.9. The van der Waals surface area contributed by atoms with Crippen molar-refractivity contribution >= 4 is 74.7 Å². The minimum Gasteiger partial charge on any atom is -0.497 e. The van der Waals surface area contributed by atoms with Crippen molar-refractivity contribution in [2.75, 3.05) is 56.6 Å². The molecule has 440 valence electrons. The third-order valence-electron chi connectivity index (χ3n) is 20.3. The average Bonchev–Trinajstić information content (AvgIpc) is 1.70. The highest BCUT2D eigenvalue weighted by atomic mass is 32.2. The Labute approximate surface area is 531 Å². The van der Waals surface area contributed by atoms with E-state index in [0.717, 1.165) is 114 Å². The lowest BCUT2D eigenvalue weighted by Crippen LogP contribution is -2.36. The highest BCUT2D eigenvalue weighted by Gasteiger charge is 2.50. The molecule has 15 rings (SSSR count). The number of methoxy groups -OCH3 is 1. The van der Waals surface area contributed by atoms with Gasteiger partial charge in [0, 0.05) is 82.8 Å². The summed E-state index contributed by atoms with van der Waals surface area (Å²) in [6.07, 6.45) is 18.9. The van der Waals surface area contributed by atoms with E-state index >= 15 is 0 Å². The van der Waals surface area contributed by atoms with E-state index in [-0.39, 0.29) is 10.8 Å². The second-order valence-corrected chi connectivity index (χ2v) is 27.0. The molecule has 8 heteroatoms. The van der Waals surface area contributed by atoms with Crippen molar-refractivity contribution in [1.29, 1.82) is 0 Å². The minimum absolute atomic E-state index is 0.173. The summed E-state index contributed by atoms with van der Waals surface area (Å²) in [7, 11) is 1.73. The van der Waals surface area contributed by atoms with Gasteiger partial charge in [-0.1, -0.05) is 185 Å². The van der Waals surface area contributed by atoms with Crippen LogP contribution in [0.5, 0.6) is 17.2 Å². The second kappa shape index (κ2) is 22.8. The second-order valence-electron chi connectivity index (χ2n) is 24.1. The third kappa shape index (κ3) is 8.62. The van der Waals surface area contributed by atoms with Gasteiger partial charge in [-0.2, -0.15) is 0 Å². The van der Waals surface area contributed by atoms with Crippen molar-refractivity contribution in [3.05, 3.63) is 256 Å². The quantitative estimate of drug-likeness (QED) is 0.0700. The summed E-state index contributed by atoms with van der Waals surface area (Å²) in [6, 6.07) is 69.4. The van der Waals surface area contributed by atoms with Crippen LogP contribution < -0.4 is 19.1 Å². The van der Waals surface area contributed by atoms with Crippen LogP contribution in [0.25, 0.3) is 56.0 Å². The maximum Gasteiger partial charge on any atom is 0.178 e. The standard InChI is InChI=1S/C80H73NO4S3/c1-7-77(8-2)65-32-21-19-30-57(65)72-62-49-69(87-6)70(51-64(62)75-59(73(72)77)38-42-80(85-75,54-28-17-12-18-29-54)55-34-36-56(82-4)37-35-55)88-47-23-40-78(9-3)66-33-22-20-31-58(66)71-61-48-67(81-43-45-83-46-44-81)68(86-5)50-63(61)76-60(74(71)78)39-41-79(84-76,52-24-13-10-14-25-52)53-26-15-11-16-27-53/h10-22,24-39,41-42,48-51H,7-9,23,40,43-47H2,1-6H3. The summed E-state index contributed by atoms with van der Waals surface area (Å²) in [5.41, 5.74) is 16.8. The van der Waals surface area contributed by atoms with E-state index in [0.29, 0.717) is 0 Å². The largest absolute Gasteiger partial charge is 0.497 e. The van der Waals surface area contributed by atoms with E-state index in [9.17, 15) is 0 Å². The Morgan fingerprint density at radius 2 is 0.943 bits per heavy atom. The predicted octanol–water partition coefficient (Wildman–Crippen LogP) is 20.3. The van der Waals surface area contributed by atoms with E-state index in [2.05, 4.69) is 251 Å². The van der Waals surface area contributed by atoms with Crippen LogP contribution in [0.3, 0.4) is 0 Å². The highest BCUT2D eigenvalue weighted by Crippen LogP contribution is 2.64. The molecule has 2 aliphatic carbocycles. The molecule has 3 heterocycles. The van der Waals surface area contributed by atoms with Crippen molar-refractivity contribution in [3.63, 3.8) is 0 Å². The zero-order chi connectivity index (χ0) is 59.8. The van der Waals surface area contributed by atoms with Gasteiger partial charge in [0.25, 0.3) is 0 Å². The van der Waals surface area contributed by atoms with Crippen molar-refractivity contribution in [2.45, 2.75) is 89.6 Å². The summed E-state index contributed by atoms with van der Waals surface area (Å²) in [6.45, 7) is 10.3. The highest BCUT2D eigenvalue weighted by molar-refractivity contribution is 8.02. The molecule has 0 aromatic heterocycles. The number of fused-ring (bicyclic) bond motifs is 16. The van der Waals surface area contributed by atoms with Crippen LogP contribution in [-0.4, -0.2) is 51.7 Å². The molecule has 0 saturated carbocycles. The van der Waals surface area contributed by atoms with Gasteiger partial charge in [0.2, 0.25) is 0 Å². The summed E-state index contributed by atoms with van der Waals surface area (Å²) < 4.78 is 27.5. The Balaban J connectivity index is 0.872. The van der Waals surface area contributed by atoms with Gasteiger partial charge in [0.05, 0.1) is 26.0 Å². The Bertz CT molecular complexity index is 4360. The van der Waals surface area contributed by atoms with Crippen LogP contribution in [0, 0.1) is 0 Å². The van der Waals surface area contributed by atoms with Crippen LogP contribution in [0.15, 0.2) is 215 Å². The zero-order valence-electron chi connectivity index (χ0n) is 51.1. The Morgan fingerprint density at radius 1 is 0.489 bits per heavy atom. The molecule has 0 amide bonds. The van der Waals surface area contributed by atoms with Gasteiger partial charge in [-0.05, 0) is 154 Å². The van der Waals surface area contributed by atoms with Crippen LogP contribution >= 0.6 is 35.3 Å². The zero-order valence-corrected chi connectivity index (χ0v) is 53.5. The van der Waals surface area contributed by atoms with Crippen LogP contribution in [-0.2, 0) is 26.8 Å². The number of thioether (sulfide) groups is 3. The molecule has 5 aliphatic rings. The maximum absolute atomic E-state index is 7.93. The topological polar surface area (TPSA) is 40.2 Å². The van der Waals surface area contributed by atoms with Crippen LogP contribution in [0.1, 0.15) is 109 Å². The molecule has 0 N–H and O–H groups in total. The first-order chi connectivity index (χ1) is 43.3. The number of rotatable bonds is 16. The lowest BCUT2D eigenvalue weighted by atomic mass is 9.70. The van der Waals surface area contributed by atoms with Crippen molar-refractivity contribution in [1.82, 2.24) is 0 Å². The number of benzene rings is 10. The minimum atomic E-state index is -0.890. The van der Waals surface area contributed by atoms with E-state index in [4.69, 9.17) is 18.9 Å². The molecule has 10 aromatic carbocycles. The fourth-order valence-electron chi connectivity index (χ4n) is 16.0. The smallest absolute Gasteiger partial charge is 0.178 e. The number of anilines is 1. The Kier molecular flexibility index (Phi) is 14.7. The molecule has 0 bridgehead atoms. The van der Waals surface area contributed by atoms with Gasteiger partial charge in [0.15, 0.2) is 11.2 Å². The first-order valence-electron chi connectivity index (χ1n) is 31.5. The normalized spacial score (nSPS) is 18.9. The molecule has 1 saturated heterocycles. The molecule has 3 aliphatic heterocycles. The molecular weight excluding hydrogens is 1140 g/mol. The number of nitrogens with zero attached hydrogens (tertiary/aromatic N) is 1. The molecule has 2 atom stereocenters. The number of hydrogen-bond donors (Lipinski definition) is 0. The van der Waals surface area contributed by atoms with E-state index in [1.165, 1.54) is 86.8 Å². The van der Waals surface area contributed by atoms with Crippen LogP contribution in [0.2, 0.25) is 0 Å². The lowest BCUT2D eigenvalue weighted by molar-refractivity contribution is 0.122. The predicted molar refractivity (Wildman–Crippen MR) is 371 cm³/mol. The molecule has 10 aromatic rings.